The molecule has 0 spiro atoms. The average Bonchev–Trinajstić information content (AvgIpc) is 2.64. The van der Waals surface area contributed by atoms with Crippen LogP contribution in [0.25, 0.3) is 0 Å². The van der Waals surface area contributed by atoms with Crippen LogP contribution in [0, 0.1) is 16.2 Å². The van der Waals surface area contributed by atoms with Crippen molar-refractivity contribution in [3.05, 3.63) is 57.6 Å². The van der Waals surface area contributed by atoms with E-state index < -0.39 is 20.5 Å². The molecule has 0 amide bonds. The van der Waals surface area contributed by atoms with Gasteiger partial charge in [0.25, 0.3) is 0 Å². The van der Waals surface area contributed by atoms with Gasteiger partial charge in [-0.3, -0.25) is 10.1 Å². The molecule has 1 aromatic carbocycles. The van der Waals surface area contributed by atoms with E-state index in [1.54, 1.807) is 24.3 Å². The minimum absolute atomic E-state index is 0.0381. The van der Waals surface area contributed by atoms with Crippen molar-refractivity contribution in [1.82, 2.24) is 5.43 Å². The molecule has 0 saturated carbocycles. The van der Waals surface area contributed by atoms with Gasteiger partial charge < -0.3 is 10.9 Å². The van der Waals surface area contributed by atoms with Crippen LogP contribution < -0.4 is 10.9 Å². The van der Waals surface area contributed by atoms with Gasteiger partial charge in [-0.05, 0) is 22.8 Å². The zero-order chi connectivity index (χ0) is 13.2. The van der Waals surface area contributed by atoms with Gasteiger partial charge >= 0.3 is 0 Å². The Kier molecular flexibility index (Phi) is 3.11. The molecule has 96 valence electrons. The minimum atomic E-state index is -3.54. The van der Waals surface area contributed by atoms with E-state index in [1.807, 2.05) is 6.07 Å². The molecule has 1 aliphatic heterocycles. The van der Waals surface area contributed by atoms with Gasteiger partial charge in [-0.1, -0.05) is 23.6 Å². The van der Waals surface area contributed by atoms with Gasteiger partial charge in [0.05, 0.1) is 11.4 Å². The molecule has 2 rings (SSSR count). The van der Waals surface area contributed by atoms with E-state index in [0.717, 1.165) is 5.41 Å². The number of nitro groups is 1. The van der Waals surface area contributed by atoms with Crippen LogP contribution in [-0.2, 0) is 9.84 Å². The summed E-state index contributed by atoms with van der Waals surface area (Å²) in [7, 11) is -3.54. The molecule has 1 aliphatic rings. The highest BCUT2D eigenvalue weighted by Crippen LogP contribution is 2.24. The first-order chi connectivity index (χ1) is 8.48. The van der Waals surface area contributed by atoms with Gasteiger partial charge in [-0.25, -0.2) is 8.42 Å². The number of hydrogen-bond donors (Lipinski definition) is 2. The number of rotatable bonds is 4. The van der Waals surface area contributed by atoms with Crippen LogP contribution in [0.5, 0.6) is 0 Å². The molecule has 18 heavy (non-hydrogen) atoms. The van der Waals surface area contributed by atoms with E-state index in [2.05, 4.69) is 10.9 Å². The number of anilines is 1. The normalized spacial score (nSPS) is 17.1. The van der Waals surface area contributed by atoms with Gasteiger partial charge in [0.2, 0.25) is 0 Å². The predicted molar refractivity (Wildman–Crippen MR) is 65.3 cm³/mol. The summed E-state index contributed by atoms with van der Waals surface area (Å²) in [4.78, 5) is 10.0. The molecule has 0 bridgehead atoms. The van der Waals surface area contributed by atoms with Crippen LogP contribution in [0.4, 0.5) is 5.69 Å². The number of nitrogens with zero attached hydrogens (tertiary/aromatic N) is 1. The van der Waals surface area contributed by atoms with Crippen LogP contribution in [0.15, 0.2) is 41.4 Å². The number of para-hydroxylation sites is 1. The first kappa shape index (κ1) is 12.2. The van der Waals surface area contributed by atoms with E-state index in [4.69, 9.17) is 0 Å². The number of hydrazine groups is 1. The van der Waals surface area contributed by atoms with Crippen LogP contribution in [0.1, 0.15) is 0 Å². The summed E-state index contributed by atoms with van der Waals surface area (Å²) in [5, 5.41) is 11.6. The second kappa shape index (κ2) is 4.57. The van der Waals surface area contributed by atoms with Crippen molar-refractivity contribution in [2.24, 2.45) is 0 Å². The maximum absolute atomic E-state index is 11.3. The molecule has 0 atom stereocenters. The molecule has 8 heteroatoms. The van der Waals surface area contributed by atoms with Crippen molar-refractivity contribution in [2.75, 3.05) is 11.2 Å². The van der Waals surface area contributed by atoms with Crippen molar-refractivity contribution in [3.8, 4) is 0 Å². The van der Waals surface area contributed by atoms with Gasteiger partial charge in [0.1, 0.15) is 15.9 Å². The first-order valence-corrected chi connectivity index (χ1v) is 6.71. The standard InChI is InChI=1S/C10H10N3O4S/c14-13(15)10-7-18(16,17)6-9(10)12-11-8-4-2-1-3-5-8/h1-6,11-12H,7H2/q-1. The third-order valence-electron chi connectivity index (χ3n) is 2.28. The highest BCUT2D eigenvalue weighted by atomic mass is 32.2. The molecule has 0 aliphatic carbocycles. The summed E-state index contributed by atoms with van der Waals surface area (Å²) in [6.45, 7) is 0. The molecule has 0 radical (unpaired) electrons. The summed E-state index contributed by atoms with van der Waals surface area (Å²) in [5.74, 6) is -0.585. The van der Waals surface area contributed by atoms with Crippen molar-refractivity contribution >= 4 is 15.5 Å². The molecule has 7 nitrogen and oxygen atoms in total. The third kappa shape index (κ3) is 2.72. The van der Waals surface area contributed by atoms with Crippen molar-refractivity contribution in [2.45, 2.75) is 0 Å². The second-order valence-corrected chi connectivity index (χ2v) is 5.51. The van der Waals surface area contributed by atoms with Gasteiger partial charge in [-0.2, -0.15) is 0 Å². The summed E-state index contributed by atoms with van der Waals surface area (Å²) in [6, 6.07) is 8.49. The molecular formula is C10H10N3O4S-. The lowest BCUT2D eigenvalue weighted by molar-refractivity contribution is -0.456. The quantitative estimate of drug-likeness (QED) is 0.473. The Labute approximate surface area is 104 Å². The SMILES string of the molecule is O=[N+]([O-])[C-]1CS(=O)(=O)C=C1NNc1ccccc1. The van der Waals surface area contributed by atoms with Crippen molar-refractivity contribution < 1.29 is 13.3 Å². The van der Waals surface area contributed by atoms with E-state index in [-0.39, 0.29) is 11.7 Å². The Balaban J connectivity index is 2.10. The zero-order valence-corrected chi connectivity index (χ0v) is 9.98. The van der Waals surface area contributed by atoms with E-state index in [1.165, 1.54) is 0 Å². The maximum atomic E-state index is 11.3. The monoisotopic (exact) mass is 268 g/mol. The molecule has 1 heterocycles. The number of sulfone groups is 1. The molecule has 0 saturated heterocycles. The van der Waals surface area contributed by atoms with E-state index in [0.29, 0.717) is 5.69 Å². The van der Waals surface area contributed by atoms with Crippen LogP contribution >= 0.6 is 0 Å². The van der Waals surface area contributed by atoms with Crippen LogP contribution in [-0.4, -0.2) is 19.1 Å². The topological polar surface area (TPSA) is 101 Å². The Morgan fingerprint density at radius 3 is 2.50 bits per heavy atom. The van der Waals surface area contributed by atoms with Gasteiger partial charge in [0.15, 0.2) is 0 Å². The van der Waals surface area contributed by atoms with Crippen molar-refractivity contribution in [3.63, 3.8) is 0 Å². The number of benzene rings is 1. The number of hydrogen-bond acceptors (Lipinski definition) is 6. The fraction of sp³-hybridized carbons (Fsp3) is 0.100. The fourth-order valence-electron chi connectivity index (χ4n) is 1.47. The van der Waals surface area contributed by atoms with Gasteiger partial charge in [-0.15, -0.1) is 0 Å². The summed E-state index contributed by atoms with van der Waals surface area (Å²) in [5.41, 5.74) is 5.87. The fourth-order valence-corrected chi connectivity index (χ4v) is 2.75. The van der Waals surface area contributed by atoms with Crippen LogP contribution in [0.3, 0.4) is 0 Å². The lowest BCUT2D eigenvalue weighted by atomic mass is 10.3. The van der Waals surface area contributed by atoms with Crippen molar-refractivity contribution in [1.29, 1.82) is 0 Å². The summed E-state index contributed by atoms with van der Waals surface area (Å²) < 4.78 is 22.6. The Hall–Kier alpha value is -2.22. The summed E-state index contributed by atoms with van der Waals surface area (Å²) in [6.07, 6.45) is 0. The molecular weight excluding hydrogens is 258 g/mol. The highest BCUT2D eigenvalue weighted by molar-refractivity contribution is 7.94. The molecule has 2 N–H and O–H groups in total. The largest absolute Gasteiger partial charge is 0.330 e. The Morgan fingerprint density at radius 1 is 1.22 bits per heavy atom. The second-order valence-electron chi connectivity index (χ2n) is 3.66. The molecule has 1 aromatic rings. The third-order valence-corrected chi connectivity index (χ3v) is 3.55. The Morgan fingerprint density at radius 2 is 1.89 bits per heavy atom. The maximum Gasteiger partial charge on any atom is 0.142 e. The number of nitrogens with one attached hydrogen (secondary N) is 2. The molecule has 0 unspecified atom stereocenters. The zero-order valence-electron chi connectivity index (χ0n) is 9.16. The lowest BCUT2D eigenvalue weighted by Gasteiger charge is -2.17. The Bertz CT molecular complexity index is 582. The smallest absolute Gasteiger partial charge is 0.142 e. The average molecular weight is 268 g/mol. The van der Waals surface area contributed by atoms with Crippen LogP contribution in [0.2, 0.25) is 0 Å². The molecule has 0 aromatic heterocycles. The highest BCUT2D eigenvalue weighted by Gasteiger charge is 2.28. The van der Waals surface area contributed by atoms with Gasteiger partial charge in [0, 0.05) is 0 Å². The van der Waals surface area contributed by atoms with E-state index >= 15 is 0 Å². The minimum Gasteiger partial charge on any atom is -0.330 e. The molecule has 0 fully saturated rings. The van der Waals surface area contributed by atoms with E-state index in [9.17, 15) is 18.5 Å². The predicted octanol–water partition coefficient (Wildman–Crippen LogP) is 0.682. The first-order valence-electron chi connectivity index (χ1n) is 5.00. The lowest BCUT2D eigenvalue weighted by Crippen LogP contribution is -2.27. The summed E-state index contributed by atoms with van der Waals surface area (Å²) >= 11 is 0.